The molecule has 3 aliphatic rings. The maximum Gasteiger partial charge on any atom is 0.490 e. The van der Waals surface area contributed by atoms with Gasteiger partial charge in [-0.1, -0.05) is 6.42 Å². The molecule has 1 N–H and O–H groups in total. The van der Waals surface area contributed by atoms with Crippen LogP contribution in [0.25, 0.3) is 0 Å². The number of alkyl halides is 3. The van der Waals surface area contributed by atoms with E-state index in [1.807, 2.05) is 0 Å². The Morgan fingerprint density at radius 2 is 1.96 bits per heavy atom. The molecule has 0 bridgehead atoms. The summed E-state index contributed by atoms with van der Waals surface area (Å²) in [7, 11) is 3.53. The van der Waals surface area contributed by atoms with Crippen LogP contribution in [0.4, 0.5) is 13.2 Å². The molecule has 7 nitrogen and oxygen atoms in total. The molecule has 3 rings (SSSR count). The van der Waals surface area contributed by atoms with Crippen molar-refractivity contribution < 1.29 is 37.3 Å². The average Bonchev–Trinajstić information content (AvgIpc) is 3.07. The Kier molecular flexibility index (Phi) is 7.69. The van der Waals surface area contributed by atoms with Crippen molar-refractivity contribution in [1.82, 2.24) is 9.80 Å². The number of ether oxygens (including phenoxy) is 2. The van der Waals surface area contributed by atoms with E-state index < -0.39 is 12.1 Å². The van der Waals surface area contributed by atoms with Crippen LogP contribution in [0.3, 0.4) is 0 Å². The number of hydrogen-bond acceptors (Lipinski definition) is 5. The molecule has 2 saturated heterocycles. The lowest BCUT2D eigenvalue weighted by Gasteiger charge is -2.31. The van der Waals surface area contributed by atoms with Crippen molar-refractivity contribution in [2.24, 2.45) is 17.3 Å². The summed E-state index contributed by atoms with van der Waals surface area (Å²) in [6, 6.07) is 0. The number of likely N-dealkylation sites (tertiary alicyclic amines) is 1. The highest BCUT2D eigenvalue weighted by Gasteiger charge is 2.51. The van der Waals surface area contributed by atoms with E-state index >= 15 is 0 Å². The van der Waals surface area contributed by atoms with Crippen LogP contribution >= 0.6 is 0 Å². The largest absolute Gasteiger partial charge is 0.490 e. The van der Waals surface area contributed by atoms with Gasteiger partial charge in [-0.25, -0.2) is 4.79 Å². The Balaban J connectivity index is 0.000000345. The molecule has 2 atom stereocenters. The van der Waals surface area contributed by atoms with Crippen LogP contribution < -0.4 is 0 Å². The molecule has 0 aromatic rings. The maximum absolute atomic E-state index is 11.6. The lowest BCUT2D eigenvalue weighted by atomic mass is 9.82. The summed E-state index contributed by atoms with van der Waals surface area (Å²) in [5, 5.41) is 7.12. The van der Waals surface area contributed by atoms with Gasteiger partial charge in [0.15, 0.2) is 0 Å². The highest BCUT2D eigenvalue weighted by Crippen LogP contribution is 2.42. The van der Waals surface area contributed by atoms with E-state index in [4.69, 9.17) is 19.4 Å². The van der Waals surface area contributed by atoms with E-state index in [1.54, 1.807) is 19.0 Å². The molecule has 0 spiro atoms. The third-order valence-electron chi connectivity index (χ3n) is 5.69. The van der Waals surface area contributed by atoms with Gasteiger partial charge in [0.1, 0.15) is 6.61 Å². The third-order valence-corrected chi connectivity index (χ3v) is 5.69. The molecular weight excluding hydrogens is 381 g/mol. The number of nitrogens with zero attached hydrogens (tertiary/aromatic N) is 2. The molecule has 1 aliphatic carbocycles. The van der Waals surface area contributed by atoms with Gasteiger partial charge in [0.25, 0.3) is 0 Å². The average molecular weight is 410 g/mol. The molecule has 1 saturated carbocycles. The first-order valence-electron chi connectivity index (χ1n) is 9.41. The zero-order valence-electron chi connectivity index (χ0n) is 16.3. The standard InChI is InChI=1S/C16H28N2O3.C2HF3O2/c1-17(2)15(19)9-21-12-16-10-18(6-13-4-3-5-13)7-14(16)8-20-11-16;3-2(4,5)1(6)7/h13-14H,3-12H2,1-2H3;(H,6,7)/t14-,16+;/m1./s1. The lowest BCUT2D eigenvalue weighted by Crippen LogP contribution is -2.38. The number of rotatable bonds is 6. The third kappa shape index (κ3) is 6.05. The van der Waals surface area contributed by atoms with Crippen LogP contribution in [0.1, 0.15) is 19.3 Å². The fourth-order valence-electron chi connectivity index (χ4n) is 3.80. The summed E-state index contributed by atoms with van der Waals surface area (Å²) < 4.78 is 43.2. The molecule has 162 valence electrons. The smallest absolute Gasteiger partial charge is 0.475 e. The molecule has 0 aromatic carbocycles. The predicted octanol–water partition coefficient (Wildman–Crippen LogP) is 1.47. The lowest BCUT2D eigenvalue weighted by molar-refractivity contribution is -0.192. The van der Waals surface area contributed by atoms with Crippen molar-refractivity contribution in [3.8, 4) is 0 Å². The molecule has 10 heteroatoms. The SMILES string of the molecule is CN(C)C(=O)COC[C@]12COC[C@H]1CN(CC1CCC1)C2.O=C(O)C(F)(F)F. The molecule has 2 aliphatic heterocycles. The van der Waals surface area contributed by atoms with Crippen LogP contribution in [0, 0.1) is 17.3 Å². The highest BCUT2D eigenvalue weighted by atomic mass is 19.4. The zero-order valence-corrected chi connectivity index (χ0v) is 16.3. The monoisotopic (exact) mass is 410 g/mol. The molecule has 0 radical (unpaired) electrons. The van der Waals surface area contributed by atoms with Gasteiger partial charge in [0.05, 0.1) is 19.8 Å². The Bertz CT molecular complexity index is 554. The van der Waals surface area contributed by atoms with Gasteiger partial charge < -0.3 is 24.4 Å². The summed E-state index contributed by atoms with van der Waals surface area (Å²) in [4.78, 5) is 24.7. The van der Waals surface area contributed by atoms with Gasteiger partial charge in [-0.05, 0) is 18.8 Å². The number of carboxylic acid groups (broad SMARTS) is 1. The quantitative estimate of drug-likeness (QED) is 0.715. The summed E-state index contributed by atoms with van der Waals surface area (Å²) >= 11 is 0. The Morgan fingerprint density at radius 3 is 2.46 bits per heavy atom. The number of hydrogen-bond donors (Lipinski definition) is 1. The molecule has 2 heterocycles. The van der Waals surface area contributed by atoms with Crippen LogP contribution in [-0.4, -0.2) is 93.1 Å². The Labute approximate surface area is 162 Å². The molecule has 0 unspecified atom stereocenters. The minimum absolute atomic E-state index is 0.0335. The van der Waals surface area contributed by atoms with Crippen LogP contribution in [0.15, 0.2) is 0 Å². The second kappa shape index (κ2) is 9.41. The van der Waals surface area contributed by atoms with Gasteiger partial charge in [-0.2, -0.15) is 13.2 Å². The summed E-state index contributed by atoms with van der Waals surface area (Å²) in [5.41, 5.74) is 0.121. The number of carbonyl (C=O) groups is 2. The van der Waals surface area contributed by atoms with Crippen LogP contribution in [-0.2, 0) is 19.1 Å². The first-order chi connectivity index (χ1) is 13.0. The number of carbonyl (C=O) groups excluding carboxylic acids is 1. The fraction of sp³-hybridized carbons (Fsp3) is 0.889. The number of fused-ring (bicyclic) bond motifs is 1. The van der Waals surface area contributed by atoms with Gasteiger partial charge >= 0.3 is 12.1 Å². The zero-order chi connectivity index (χ0) is 20.9. The predicted molar refractivity (Wildman–Crippen MR) is 93.7 cm³/mol. The normalized spacial score (nSPS) is 27.5. The van der Waals surface area contributed by atoms with Crippen molar-refractivity contribution in [2.45, 2.75) is 25.4 Å². The second-order valence-electron chi connectivity index (χ2n) is 8.15. The van der Waals surface area contributed by atoms with Crippen LogP contribution in [0.2, 0.25) is 0 Å². The van der Waals surface area contributed by atoms with Crippen LogP contribution in [0.5, 0.6) is 0 Å². The van der Waals surface area contributed by atoms with Crippen molar-refractivity contribution >= 4 is 11.9 Å². The van der Waals surface area contributed by atoms with E-state index in [1.165, 1.54) is 25.8 Å². The minimum Gasteiger partial charge on any atom is -0.475 e. The van der Waals surface area contributed by atoms with Crippen molar-refractivity contribution in [1.29, 1.82) is 0 Å². The highest BCUT2D eigenvalue weighted by molar-refractivity contribution is 5.76. The number of likely N-dealkylation sites (N-methyl/N-ethyl adjacent to an activating group) is 1. The van der Waals surface area contributed by atoms with Gasteiger partial charge in [-0.15, -0.1) is 0 Å². The number of amides is 1. The maximum atomic E-state index is 11.6. The summed E-state index contributed by atoms with van der Waals surface area (Å²) in [6.07, 6.45) is -0.872. The van der Waals surface area contributed by atoms with Crippen molar-refractivity contribution in [2.75, 3.05) is 60.2 Å². The van der Waals surface area contributed by atoms with E-state index in [9.17, 15) is 18.0 Å². The van der Waals surface area contributed by atoms with Gasteiger partial charge in [-0.3, -0.25) is 4.79 Å². The second-order valence-corrected chi connectivity index (χ2v) is 8.15. The Hall–Kier alpha value is -1.39. The van der Waals surface area contributed by atoms with E-state index in [0.29, 0.717) is 12.5 Å². The number of aliphatic carboxylic acids is 1. The van der Waals surface area contributed by atoms with Gasteiger partial charge in [0.2, 0.25) is 5.91 Å². The number of carboxylic acids is 1. The topological polar surface area (TPSA) is 79.3 Å². The van der Waals surface area contributed by atoms with E-state index in [0.717, 1.165) is 32.2 Å². The van der Waals surface area contributed by atoms with E-state index in [-0.39, 0.29) is 17.9 Å². The molecule has 3 fully saturated rings. The molecule has 1 amide bonds. The molecule has 28 heavy (non-hydrogen) atoms. The molecule has 0 aromatic heterocycles. The minimum atomic E-state index is -5.08. The van der Waals surface area contributed by atoms with Gasteiger partial charge in [0, 0.05) is 45.1 Å². The van der Waals surface area contributed by atoms with Crippen molar-refractivity contribution in [3.05, 3.63) is 0 Å². The first-order valence-corrected chi connectivity index (χ1v) is 9.41. The summed E-state index contributed by atoms with van der Waals surface area (Å²) in [5.74, 6) is -1.23. The van der Waals surface area contributed by atoms with E-state index in [2.05, 4.69) is 4.90 Å². The fourth-order valence-corrected chi connectivity index (χ4v) is 3.80. The summed E-state index contributed by atoms with van der Waals surface area (Å²) in [6.45, 7) is 5.93. The Morgan fingerprint density at radius 1 is 1.32 bits per heavy atom. The molecular formula is C18H29F3N2O5. The number of halogens is 3. The first kappa shape index (κ1) is 22.9. The van der Waals surface area contributed by atoms with Crippen molar-refractivity contribution in [3.63, 3.8) is 0 Å².